The quantitative estimate of drug-likeness (QED) is 0.241. The van der Waals surface area contributed by atoms with Crippen LogP contribution in [0, 0.1) is 59.1 Å². The molecule has 1 aromatic heterocycles. The molecule has 3 aromatic rings. The van der Waals surface area contributed by atoms with Gasteiger partial charge in [-0.2, -0.15) is 10.4 Å². The number of benzene rings is 2. The summed E-state index contributed by atoms with van der Waals surface area (Å²) >= 11 is 0. The monoisotopic (exact) mass is 458 g/mol. The summed E-state index contributed by atoms with van der Waals surface area (Å²) in [6, 6.07) is 20.7. The summed E-state index contributed by atoms with van der Waals surface area (Å²) in [5, 5.41) is 24.9. The average Bonchev–Trinajstić information content (AvgIpc) is 3.07. The van der Waals surface area contributed by atoms with Gasteiger partial charge in [-0.25, -0.2) is 4.99 Å². The summed E-state index contributed by atoms with van der Waals surface area (Å²) in [4.78, 5) is 4.18. The number of nitriles is 1. The number of aromatic nitrogens is 2. The standard InChI is InChI=1S/C17H12N5O2.Ce/c18-11-12-5-4-6-13(9-12)17(22-23)19-15-10-16(21-20-15)24-14-7-2-1-3-8-14;/h1-9,23H,(H2,19,20,21,22);/q-1;. The molecule has 7 nitrogen and oxygen atoms in total. The van der Waals surface area contributed by atoms with Gasteiger partial charge in [0.2, 0.25) is 0 Å². The van der Waals surface area contributed by atoms with E-state index >= 15 is 0 Å². The molecule has 3 N–H and O–H groups in total. The van der Waals surface area contributed by atoms with E-state index in [2.05, 4.69) is 21.3 Å². The predicted octanol–water partition coefficient (Wildman–Crippen LogP) is 2.93. The largest absolute Gasteiger partial charge is 0.474 e. The van der Waals surface area contributed by atoms with Crippen LogP contribution in [-0.2, 0) is 0 Å². The Morgan fingerprint density at radius 2 is 2.04 bits per heavy atom. The first-order valence-corrected chi connectivity index (χ1v) is 6.98. The van der Waals surface area contributed by atoms with Crippen LogP contribution >= 0.6 is 0 Å². The van der Waals surface area contributed by atoms with Crippen LogP contribution in [0.5, 0.6) is 11.6 Å². The molecule has 0 aliphatic heterocycles. The normalized spacial score (nSPS) is 10.5. The summed E-state index contributed by atoms with van der Waals surface area (Å²) in [5.74, 6) is 1.26. The zero-order valence-electron chi connectivity index (χ0n) is 12.9. The van der Waals surface area contributed by atoms with Crippen molar-refractivity contribution in [3.63, 3.8) is 0 Å². The van der Waals surface area contributed by atoms with Gasteiger partial charge in [0, 0.05) is 47.3 Å². The average molecular weight is 458 g/mol. The van der Waals surface area contributed by atoms with E-state index in [0.717, 1.165) is 0 Å². The first-order valence-electron chi connectivity index (χ1n) is 6.98. The number of H-pyrrole nitrogens is 1. The van der Waals surface area contributed by atoms with E-state index in [9.17, 15) is 5.21 Å². The van der Waals surface area contributed by atoms with Gasteiger partial charge in [0.25, 0.3) is 0 Å². The van der Waals surface area contributed by atoms with Crippen molar-refractivity contribution in [1.82, 2.24) is 15.7 Å². The van der Waals surface area contributed by atoms with Gasteiger partial charge in [-0.05, 0) is 30.1 Å². The van der Waals surface area contributed by atoms with E-state index in [1.165, 1.54) is 0 Å². The van der Waals surface area contributed by atoms with Crippen LogP contribution in [0.4, 0.5) is 5.82 Å². The molecule has 0 unspecified atom stereocenters. The molecular formula is C17H12CeN5O2-. The number of hydrogen-bond donors (Lipinski definition) is 3. The van der Waals surface area contributed by atoms with Gasteiger partial charge in [-0.1, -0.05) is 30.3 Å². The predicted molar refractivity (Wildman–Crippen MR) is 86.2 cm³/mol. The Morgan fingerprint density at radius 1 is 1.24 bits per heavy atom. The number of amidine groups is 1. The van der Waals surface area contributed by atoms with Crippen molar-refractivity contribution in [2.45, 2.75) is 0 Å². The first-order chi connectivity index (χ1) is 11.8. The fourth-order valence-electron chi connectivity index (χ4n) is 1.96. The number of nitrogens with one attached hydrogen (secondary N) is 2. The van der Waals surface area contributed by atoms with Crippen molar-refractivity contribution in [1.29, 1.82) is 5.26 Å². The van der Waals surface area contributed by atoms with Crippen molar-refractivity contribution in [2.24, 2.45) is 4.99 Å². The smallest absolute Gasteiger partial charge is 0.155 e. The molecule has 2 aromatic carbocycles. The molecule has 8 heteroatoms. The SMILES string of the molecule is N#Cc1cccc(C(=Nc2[c-]c(Oc3ccccc3)n[nH]2)NO)c1.[Ce]. The van der Waals surface area contributed by atoms with E-state index in [4.69, 9.17) is 10.00 Å². The Balaban J connectivity index is 0.00000225. The number of nitrogens with zero attached hydrogens (tertiary/aromatic N) is 3. The molecular weight excluding hydrogens is 446 g/mol. The second kappa shape index (κ2) is 9.29. The molecule has 0 amide bonds. The second-order valence-corrected chi connectivity index (χ2v) is 4.68. The fourth-order valence-corrected chi connectivity index (χ4v) is 1.96. The Morgan fingerprint density at radius 3 is 2.76 bits per heavy atom. The van der Waals surface area contributed by atoms with Gasteiger partial charge >= 0.3 is 0 Å². The summed E-state index contributed by atoms with van der Waals surface area (Å²) in [6.07, 6.45) is 0. The Hall–Kier alpha value is -2.25. The third-order valence-electron chi connectivity index (χ3n) is 3.04. The minimum atomic E-state index is 0. The summed E-state index contributed by atoms with van der Waals surface area (Å²) in [7, 11) is 0. The van der Waals surface area contributed by atoms with Gasteiger partial charge in [0.1, 0.15) is 5.75 Å². The molecule has 1 heterocycles. The molecule has 0 saturated heterocycles. The molecule has 0 bridgehead atoms. The van der Waals surface area contributed by atoms with Crippen LogP contribution in [0.1, 0.15) is 11.1 Å². The van der Waals surface area contributed by atoms with Crippen molar-refractivity contribution >= 4 is 11.7 Å². The van der Waals surface area contributed by atoms with E-state index in [1.54, 1.807) is 36.4 Å². The van der Waals surface area contributed by atoms with Crippen molar-refractivity contribution in [3.05, 3.63) is 71.8 Å². The number of aliphatic imine (C=N–C) groups is 1. The number of rotatable bonds is 4. The van der Waals surface area contributed by atoms with Crippen LogP contribution in [0.2, 0.25) is 0 Å². The van der Waals surface area contributed by atoms with E-state index in [-0.39, 0.29) is 59.3 Å². The van der Waals surface area contributed by atoms with Gasteiger partial charge in [-0.3, -0.25) is 15.8 Å². The zero-order chi connectivity index (χ0) is 16.8. The zero-order valence-corrected chi connectivity index (χ0v) is 16.0. The van der Waals surface area contributed by atoms with Gasteiger partial charge < -0.3 is 10.8 Å². The maximum absolute atomic E-state index is 9.30. The van der Waals surface area contributed by atoms with Gasteiger partial charge in [-0.15, -0.1) is 0 Å². The van der Waals surface area contributed by atoms with Gasteiger partial charge in [0.15, 0.2) is 5.84 Å². The van der Waals surface area contributed by atoms with Crippen molar-refractivity contribution in [2.75, 3.05) is 0 Å². The summed E-state index contributed by atoms with van der Waals surface area (Å²) < 4.78 is 5.52. The van der Waals surface area contributed by atoms with Crippen LogP contribution < -0.4 is 10.2 Å². The first kappa shape index (κ1) is 19.1. The molecule has 122 valence electrons. The summed E-state index contributed by atoms with van der Waals surface area (Å²) in [5.41, 5.74) is 3.01. The third-order valence-corrected chi connectivity index (χ3v) is 3.04. The minimum Gasteiger partial charge on any atom is -0.474 e. The molecule has 0 atom stereocenters. The topological polar surface area (TPSA) is 106 Å². The Labute approximate surface area is 177 Å². The number of ether oxygens (including phenoxy) is 1. The van der Waals surface area contributed by atoms with E-state index in [1.807, 2.05) is 29.7 Å². The minimum absolute atomic E-state index is 0. The number of para-hydroxylation sites is 1. The van der Waals surface area contributed by atoms with Crippen LogP contribution in [0.3, 0.4) is 0 Å². The summed E-state index contributed by atoms with van der Waals surface area (Å²) in [6.45, 7) is 0. The molecule has 25 heavy (non-hydrogen) atoms. The fraction of sp³-hybridized carbons (Fsp3) is 0. The molecule has 0 spiro atoms. The molecule has 0 radical (unpaired) electrons. The van der Waals surface area contributed by atoms with Crippen molar-refractivity contribution < 1.29 is 51.7 Å². The Kier molecular flexibility index (Phi) is 7.09. The van der Waals surface area contributed by atoms with Crippen LogP contribution in [0.15, 0.2) is 59.6 Å². The molecule has 3 rings (SSSR count). The third kappa shape index (κ3) is 5.11. The van der Waals surface area contributed by atoms with Gasteiger partial charge in [0.05, 0.1) is 17.5 Å². The van der Waals surface area contributed by atoms with Crippen molar-refractivity contribution in [3.8, 4) is 17.7 Å². The Bertz CT molecular complexity index is 903. The number of aromatic amines is 1. The van der Waals surface area contributed by atoms with E-state index in [0.29, 0.717) is 16.9 Å². The van der Waals surface area contributed by atoms with E-state index < -0.39 is 0 Å². The molecule has 0 aliphatic carbocycles. The molecule has 0 saturated carbocycles. The molecule has 0 fully saturated rings. The maximum Gasteiger partial charge on any atom is 0.155 e. The van der Waals surface area contributed by atoms with Crippen LogP contribution in [0.25, 0.3) is 0 Å². The second-order valence-electron chi connectivity index (χ2n) is 4.68. The van der Waals surface area contributed by atoms with Crippen LogP contribution in [-0.4, -0.2) is 21.2 Å². The molecule has 0 aliphatic rings. The number of hydroxylamine groups is 1. The maximum atomic E-state index is 9.30. The number of hydrogen-bond acceptors (Lipinski definition) is 5.